The van der Waals surface area contributed by atoms with Crippen molar-refractivity contribution in [3.8, 4) is 0 Å². The topological polar surface area (TPSA) is 114 Å². The summed E-state index contributed by atoms with van der Waals surface area (Å²) in [5.41, 5.74) is 2.02. The lowest BCUT2D eigenvalue weighted by Crippen LogP contribution is -2.35. The van der Waals surface area contributed by atoms with Crippen LogP contribution in [0.1, 0.15) is 24.2 Å². The van der Waals surface area contributed by atoms with Gasteiger partial charge >= 0.3 is 5.97 Å². The third kappa shape index (κ3) is 4.57. The van der Waals surface area contributed by atoms with Crippen molar-refractivity contribution in [2.45, 2.75) is 18.7 Å². The molecule has 2 N–H and O–H groups in total. The second-order valence-electron chi connectivity index (χ2n) is 6.57. The van der Waals surface area contributed by atoms with Gasteiger partial charge in [-0.2, -0.15) is 0 Å². The third-order valence-electron chi connectivity index (χ3n) is 4.33. The molecule has 30 heavy (non-hydrogen) atoms. The molecule has 1 heterocycles. The molecular formula is C21H21N3O5S. The zero-order chi connectivity index (χ0) is 21.9. The molecule has 0 radical (unpaired) electrons. The Hall–Kier alpha value is -3.46. The van der Waals surface area contributed by atoms with Crippen LogP contribution in [0.4, 0.5) is 11.4 Å². The van der Waals surface area contributed by atoms with Gasteiger partial charge in [0, 0.05) is 17.5 Å². The second kappa shape index (κ2) is 8.50. The average Bonchev–Trinajstić information content (AvgIpc) is 2.82. The normalized spacial score (nSPS) is 13.5. The maximum absolute atomic E-state index is 12.8. The second-order valence-corrected chi connectivity index (χ2v) is 8.59. The minimum absolute atomic E-state index is 0.0422. The van der Waals surface area contributed by atoms with E-state index in [0.29, 0.717) is 17.1 Å². The van der Waals surface area contributed by atoms with Crippen LogP contribution in [0.3, 0.4) is 0 Å². The van der Waals surface area contributed by atoms with Gasteiger partial charge in [-0.05, 0) is 50.2 Å². The van der Waals surface area contributed by atoms with Crippen LogP contribution in [0.2, 0.25) is 0 Å². The number of carbonyl (C=O) groups is 2. The molecule has 0 spiro atoms. The number of anilines is 1. The van der Waals surface area contributed by atoms with Gasteiger partial charge in [-0.1, -0.05) is 12.1 Å². The number of ether oxygens (including phenoxy) is 1. The molecule has 0 fully saturated rings. The molecule has 0 saturated heterocycles. The Morgan fingerprint density at radius 3 is 2.40 bits per heavy atom. The Morgan fingerprint density at radius 1 is 1.10 bits per heavy atom. The maximum Gasteiger partial charge on any atom is 0.343 e. The molecule has 1 aliphatic heterocycles. The molecule has 2 aromatic carbocycles. The number of hydrogen-bond acceptors (Lipinski definition) is 7. The summed E-state index contributed by atoms with van der Waals surface area (Å²) in [6, 6.07) is 12.7. The molecule has 8 nitrogen and oxygen atoms in total. The zero-order valence-electron chi connectivity index (χ0n) is 16.7. The van der Waals surface area contributed by atoms with E-state index >= 15 is 0 Å². The van der Waals surface area contributed by atoms with E-state index in [4.69, 9.17) is 4.74 Å². The van der Waals surface area contributed by atoms with Crippen LogP contribution in [-0.4, -0.2) is 39.0 Å². The fraction of sp³-hybridized carbons (Fsp3) is 0.190. The first-order valence-corrected chi connectivity index (χ1v) is 11.0. The lowest BCUT2D eigenvalue weighted by Gasteiger charge is -2.13. The molecule has 0 atom stereocenters. The van der Waals surface area contributed by atoms with Crippen molar-refractivity contribution >= 4 is 38.9 Å². The average molecular weight is 427 g/mol. The van der Waals surface area contributed by atoms with Crippen LogP contribution >= 0.6 is 0 Å². The molecular weight excluding hydrogens is 406 g/mol. The SMILES string of the molecule is CCOC(=O)C1=C(C)Nc2ccccc2N=C1NC(=O)c1ccc(S(C)(=O)=O)cc1. The van der Waals surface area contributed by atoms with Crippen LogP contribution in [-0.2, 0) is 19.4 Å². The van der Waals surface area contributed by atoms with Crippen molar-refractivity contribution in [2.24, 2.45) is 4.99 Å². The first kappa shape index (κ1) is 21.3. The Morgan fingerprint density at radius 2 is 1.77 bits per heavy atom. The largest absolute Gasteiger partial charge is 0.462 e. The third-order valence-corrected chi connectivity index (χ3v) is 5.45. The summed E-state index contributed by atoms with van der Waals surface area (Å²) in [7, 11) is -3.38. The number of aliphatic imine (C=N–C) groups is 1. The number of para-hydroxylation sites is 2. The van der Waals surface area contributed by atoms with Gasteiger partial charge in [0.1, 0.15) is 11.4 Å². The van der Waals surface area contributed by atoms with E-state index in [1.807, 2.05) is 6.07 Å². The van der Waals surface area contributed by atoms with Gasteiger partial charge in [-0.15, -0.1) is 0 Å². The number of amides is 1. The molecule has 1 aliphatic rings. The molecule has 9 heteroatoms. The van der Waals surface area contributed by atoms with Crippen LogP contribution in [0, 0.1) is 0 Å². The number of nitrogens with zero attached hydrogens (tertiary/aromatic N) is 1. The number of fused-ring (bicyclic) bond motifs is 1. The lowest BCUT2D eigenvalue weighted by atomic mass is 10.1. The number of carbonyl (C=O) groups excluding carboxylic acids is 2. The van der Waals surface area contributed by atoms with Gasteiger partial charge in [-0.25, -0.2) is 18.2 Å². The van der Waals surface area contributed by atoms with Crippen molar-refractivity contribution in [3.05, 3.63) is 65.4 Å². The van der Waals surface area contributed by atoms with E-state index in [0.717, 1.165) is 6.26 Å². The van der Waals surface area contributed by atoms with Crippen LogP contribution < -0.4 is 10.6 Å². The highest BCUT2D eigenvalue weighted by molar-refractivity contribution is 7.90. The number of allylic oxidation sites excluding steroid dienone is 1. The summed E-state index contributed by atoms with van der Waals surface area (Å²) in [5.74, 6) is -1.12. The van der Waals surface area contributed by atoms with Crippen molar-refractivity contribution < 1.29 is 22.7 Å². The molecule has 1 amide bonds. The number of hydrogen-bond donors (Lipinski definition) is 2. The van der Waals surface area contributed by atoms with Crippen LogP contribution in [0.15, 0.2) is 69.7 Å². The Labute approximate surface area is 174 Å². The summed E-state index contributed by atoms with van der Waals surface area (Å²) < 4.78 is 28.4. The first-order chi connectivity index (χ1) is 14.2. The quantitative estimate of drug-likeness (QED) is 0.726. The summed E-state index contributed by atoms with van der Waals surface area (Å²) in [6.45, 7) is 3.54. The minimum Gasteiger partial charge on any atom is -0.462 e. The van der Waals surface area contributed by atoms with Crippen molar-refractivity contribution in [1.82, 2.24) is 5.32 Å². The van der Waals surface area contributed by atoms with Crippen molar-refractivity contribution in [3.63, 3.8) is 0 Å². The van der Waals surface area contributed by atoms with Gasteiger partial charge < -0.3 is 15.4 Å². The maximum atomic E-state index is 12.8. The van der Waals surface area contributed by atoms with E-state index in [1.165, 1.54) is 24.3 Å². The molecule has 0 saturated carbocycles. The highest BCUT2D eigenvalue weighted by atomic mass is 32.2. The Balaban J connectivity index is 1.99. The van der Waals surface area contributed by atoms with Gasteiger partial charge in [-0.3, -0.25) is 4.79 Å². The van der Waals surface area contributed by atoms with Crippen molar-refractivity contribution in [2.75, 3.05) is 18.2 Å². The highest BCUT2D eigenvalue weighted by Gasteiger charge is 2.26. The van der Waals surface area contributed by atoms with Gasteiger partial charge in [0.25, 0.3) is 5.91 Å². The van der Waals surface area contributed by atoms with E-state index in [9.17, 15) is 18.0 Å². The van der Waals surface area contributed by atoms with E-state index in [-0.39, 0.29) is 28.5 Å². The lowest BCUT2D eigenvalue weighted by molar-refractivity contribution is -0.137. The Bertz CT molecular complexity index is 1170. The van der Waals surface area contributed by atoms with Crippen LogP contribution in [0.25, 0.3) is 0 Å². The summed E-state index contributed by atoms with van der Waals surface area (Å²) >= 11 is 0. The summed E-state index contributed by atoms with van der Waals surface area (Å²) in [6.07, 6.45) is 1.09. The molecule has 2 aromatic rings. The highest BCUT2D eigenvalue weighted by Crippen LogP contribution is 2.30. The van der Waals surface area contributed by atoms with Gasteiger partial charge in [0.15, 0.2) is 9.84 Å². The van der Waals surface area contributed by atoms with Gasteiger partial charge in [0.2, 0.25) is 0 Å². The number of benzene rings is 2. The predicted octanol–water partition coefficient (Wildman–Crippen LogP) is 2.81. The zero-order valence-corrected chi connectivity index (χ0v) is 17.5. The Kier molecular flexibility index (Phi) is 6.02. The number of nitrogens with one attached hydrogen (secondary N) is 2. The van der Waals surface area contributed by atoms with Crippen LogP contribution in [0.5, 0.6) is 0 Å². The fourth-order valence-electron chi connectivity index (χ4n) is 2.87. The molecule has 156 valence electrons. The van der Waals surface area contributed by atoms with Gasteiger partial charge in [0.05, 0.1) is 22.9 Å². The smallest absolute Gasteiger partial charge is 0.343 e. The monoisotopic (exact) mass is 427 g/mol. The number of amidine groups is 1. The molecule has 3 rings (SSSR count). The molecule has 0 aromatic heterocycles. The van der Waals surface area contributed by atoms with E-state index < -0.39 is 21.7 Å². The molecule has 0 aliphatic carbocycles. The van der Waals surface area contributed by atoms with Crippen molar-refractivity contribution in [1.29, 1.82) is 0 Å². The number of rotatable bonds is 4. The predicted molar refractivity (Wildman–Crippen MR) is 114 cm³/mol. The first-order valence-electron chi connectivity index (χ1n) is 9.15. The number of sulfone groups is 1. The standard InChI is InChI=1S/C21H21N3O5S/c1-4-29-21(26)18-13(2)22-16-7-5-6-8-17(16)23-19(18)24-20(25)14-9-11-15(12-10-14)30(3,27)28/h5-12,22H,4H2,1-3H3,(H,23,24,25). The minimum atomic E-state index is -3.38. The fourth-order valence-corrected chi connectivity index (χ4v) is 3.50. The number of esters is 1. The van der Waals surface area contributed by atoms with E-state index in [1.54, 1.807) is 32.0 Å². The molecule has 0 bridgehead atoms. The van der Waals surface area contributed by atoms with E-state index in [2.05, 4.69) is 15.6 Å². The molecule has 0 unspecified atom stereocenters. The summed E-state index contributed by atoms with van der Waals surface area (Å²) in [5, 5.41) is 5.78. The summed E-state index contributed by atoms with van der Waals surface area (Å²) in [4.78, 5) is 29.9.